The van der Waals surface area contributed by atoms with Gasteiger partial charge in [0, 0.05) is 25.0 Å². The number of benzene rings is 1. The van der Waals surface area contributed by atoms with Crippen LogP contribution in [0.5, 0.6) is 0 Å². The van der Waals surface area contributed by atoms with Crippen LogP contribution in [0.25, 0.3) is 0 Å². The highest BCUT2D eigenvalue weighted by molar-refractivity contribution is 6.04. The predicted molar refractivity (Wildman–Crippen MR) is 101 cm³/mol. The third-order valence-electron chi connectivity index (χ3n) is 4.59. The van der Waals surface area contributed by atoms with Crippen LogP contribution < -0.4 is 10.2 Å². The third-order valence-corrected chi connectivity index (χ3v) is 4.59. The lowest BCUT2D eigenvalue weighted by Crippen LogP contribution is -2.25. The lowest BCUT2D eigenvalue weighted by atomic mass is 10.1. The molecule has 1 aliphatic heterocycles. The molecule has 2 aromatic rings. The maximum absolute atomic E-state index is 13.9. The Morgan fingerprint density at radius 3 is 2.44 bits per heavy atom. The second-order valence-corrected chi connectivity index (χ2v) is 6.64. The number of hydrogen-bond donors (Lipinski definition) is 2. The van der Waals surface area contributed by atoms with Gasteiger partial charge in [-0.1, -0.05) is 18.9 Å². The predicted octanol–water partition coefficient (Wildman–Crippen LogP) is 3.48. The number of halogens is 1. The molecule has 0 aliphatic carbocycles. The molecule has 1 amide bonds. The van der Waals surface area contributed by atoms with Crippen molar-refractivity contribution in [2.75, 3.05) is 23.3 Å². The molecule has 1 aromatic carbocycles. The fourth-order valence-corrected chi connectivity index (χ4v) is 3.14. The van der Waals surface area contributed by atoms with Crippen molar-refractivity contribution < 1.29 is 19.1 Å². The van der Waals surface area contributed by atoms with E-state index in [0.717, 1.165) is 37.8 Å². The van der Waals surface area contributed by atoms with Gasteiger partial charge in [-0.3, -0.25) is 9.59 Å². The van der Waals surface area contributed by atoms with E-state index in [2.05, 4.69) is 15.2 Å². The molecule has 0 bridgehead atoms. The number of aromatic nitrogens is 1. The molecule has 0 saturated carbocycles. The van der Waals surface area contributed by atoms with Gasteiger partial charge >= 0.3 is 5.97 Å². The van der Waals surface area contributed by atoms with Gasteiger partial charge in [0.15, 0.2) is 0 Å². The number of nitrogens with zero attached hydrogens (tertiary/aromatic N) is 2. The average Bonchev–Trinajstić information content (AvgIpc) is 2.93. The summed E-state index contributed by atoms with van der Waals surface area (Å²) in [7, 11) is 0. The summed E-state index contributed by atoms with van der Waals surface area (Å²) in [5, 5.41) is 11.3. The van der Waals surface area contributed by atoms with E-state index < -0.39 is 24.1 Å². The van der Waals surface area contributed by atoms with Gasteiger partial charge in [-0.05, 0) is 42.7 Å². The molecule has 1 aromatic heterocycles. The maximum Gasteiger partial charge on any atom is 0.307 e. The minimum absolute atomic E-state index is 0.0731. The number of amides is 1. The number of carboxylic acids is 1. The van der Waals surface area contributed by atoms with Crippen molar-refractivity contribution in [3.05, 3.63) is 53.5 Å². The standard InChI is InChI=1S/C20H22FN3O3/c21-17-12-16(7-5-14(17)11-19(25)26)23-20(27)15-6-8-18(22-13-15)24-9-3-1-2-4-10-24/h5-8,12-13H,1-4,9-11H2,(H,23,27)(H,25,26). The fourth-order valence-electron chi connectivity index (χ4n) is 3.14. The van der Waals surface area contributed by atoms with Crippen LogP contribution in [0, 0.1) is 5.82 Å². The molecule has 6 nitrogen and oxygen atoms in total. The number of carbonyl (C=O) groups excluding carboxylic acids is 1. The van der Waals surface area contributed by atoms with Gasteiger partial charge in [0.05, 0.1) is 12.0 Å². The van der Waals surface area contributed by atoms with Crippen molar-refractivity contribution in [3.63, 3.8) is 0 Å². The lowest BCUT2D eigenvalue weighted by molar-refractivity contribution is -0.136. The fraction of sp³-hybridized carbons (Fsp3) is 0.350. The van der Waals surface area contributed by atoms with E-state index in [1.165, 1.54) is 31.2 Å². The quantitative estimate of drug-likeness (QED) is 0.841. The van der Waals surface area contributed by atoms with E-state index >= 15 is 0 Å². The van der Waals surface area contributed by atoms with Crippen molar-refractivity contribution in [2.24, 2.45) is 0 Å². The van der Waals surface area contributed by atoms with Crippen molar-refractivity contribution in [1.82, 2.24) is 4.98 Å². The summed E-state index contributed by atoms with van der Waals surface area (Å²) in [6, 6.07) is 7.50. The Morgan fingerprint density at radius 1 is 1.11 bits per heavy atom. The first-order valence-electron chi connectivity index (χ1n) is 9.05. The Kier molecular flexibility index (Phi) is 6.01. The summed E-state index contributed by atoms with van der Waals surface area (Å²) in [6.07, 6.45) is 5.88. The Morgan fingerprint density at radius 2 is 1.85 bits per heavy atom. The van der Waals surface area contributed by atoms with Crippen LogP contribution in [0.15, 0.2) is 36.5 Å². The Balaban J connectivity index is 1.65. The van der Waals surface area contributed by atoms with Gasteiger partial charge in [-0.25, -0.2) is 9.37 Å². The Hall–Kier alpha value is -2.96. The van der Waals surface area contributed by atoms with Gasteiger partial charge in [-0.2, -0.15) is 0 Å². The molecule has 142 valence electrons. The van der Waals surface area contributed by atoms with E-state index in [1.807, 2.05) is 6.07 Å². The number of carboxylic acid groups (broad SMARTS) is 1. The van der Waals surface area contributed by atoms with E-state index in [4.69, 9.17) is 5.11 Å². The average molecular weight is 371 g/mol. The summed E-state index contributed by atoms with van der Waals surface area (Å²) in [5.41, 5.74) is 0.718. The molecule has 7 heteroatoms. The number of anilines is 2. The van der Waals surface area contributed by atoms with Gasteiger partial charge in [-0.15, -0.1) is 0 Å². The highest BCUT2D eigenvalue weighted by Gasteiger charge is 2.14. The zero-order valence-electron chi connectivity index (χ0n) is 14.9. The molecule has 27 heavy (non-hydrogen) atoms. The number of nitrogens with one attached hydrogen (secondary N) is 1. The van der Waals surface area contributed by atoms with Crippen LogP contribution in [0.2, 0.25) is 0 Å². The maximum atomic E-state index is 13.9. The highest BCUT2D eigenvalue weighted by Crippen LogP contribution is 2.19. The van der Waals surface area contributed by atoms with E-state index in [-0.39, 0.29) is 11.3 Å². The molecule has 1 fully saturated rings. The van der Waals surface area contributed by atoms with E-state index in [1.54, 1.807) is 6.07 Å². The number of hydrogen-bond acceptors (Lipinski definition) is 4. The molecule has 0 spiro atoms. The van der Waals surface area contributed by atoms with Crippen LogP contribution >= 0.6 is 0 Å². The summed E-state index contributed by atoms with van der Waals surface area (Å²) in [5.74, 6) is -1.31. The van der Waals surface area contributed by atoms with Crippen LogP contribution in [0.1, 0.15) is 41.6 Å². The van der Waals surface area contributed by atoms with Gasteiger partial charge in [0.25, 0.3) is 5.91 Å². The van der Waals surface area contributed by atoms with Gasteiger partial charge in [0.2, 0.25) is 0 Å². The molecule has 3 rings (SSSR count). The van der Waals surface area contributed by atoms with Crippen molar-refractivity contribution in [1.29, 1.82) is 0 Å². The first-order valence-corrected chi connectivity index (χ1v) is 9.05. The third kappa shape index (κ3) is 5.03. The normalized spacial score (nSPS) is 14.5. The molecular weight excluding hydrogens is 349 g/mol. The molecule has 0 radical (unpaired) electrons. The zero-order chi connectivity index (χ0) is 19.2. The minimum Gasteiger partial charge on any atom is -0.481 e. The van der Waals surface area contributed by atoms with E-state index in [0.29, 0.717) is 5.56 Å². The topological polar surface area (TPSA) is 82.5 Å². The summed E-state index contributed by atoms with van der Waals surface area (Å²) >= 11 is 0. The number of pyridine rings is 1. The number of carbonyl (C=O) groups is 2. The van der Waals surface area contributed by atoms with E-state index in [9.17, 15) is 14.0 Å². The number of rotatable bonds is 5. The number of aliphatic carboxylic acids is 1. The molecule has 0 atom stereocenters. The molecule has 2 N–H and O–H groups in total. The SMILES string of the molecule is O=C(O)Cc1ccc(NC(=O)c2ccc(N3CCCCCC3)nc2)cc1F. The summed E-state index contributed by atoms with van der Waals surface area (Å²) in [4.78, 5) is 29.7. The van der Waals surface area contributed by atoms with Crippen molar-refractivity contribution >= 4 is 23.4 Å². The molecule has 1 saturated heterocycles. The van der Waals surface area contributed by atoms with Crippen molar-refractivity contribution in [3.8, 4) is 0 Å². The van der Waals surface area contributed by atoms with Crippen LogP contribution in [-0.2, 0) is 11.2 Å². The van der Waals surface area contributed by atoms with Crippen LogP contribution in [-0.4, -0.2) is 35.1 Å². The van der Waals surface area contributed by atoms with Crippen LogP contribution in [0.4, 0.5) is 15.9 Å². The Labute approximate surface area is 157 Å². The summed E-state index contributed by atoms with van der Waals surface area (Å²) in [6.45, 7) is 1.95. The van der Waals surface area contributed by atoms with Crippen molar-refractivity contribution in [2.45, 2.75) is 32.1 Å². The molecule has 0 unspecified atom stereocenters. The monoisotopic (exact) mass is 371 g/mol. The highest BCUT2D eigenvalue weighted by atomic mass is 19.1. The minimum atomic E-state index is -1.11. The lowest BCUT2D eigenvalue weighted by Gasteiger charge is -2.21. The van der Waals surface area contributed by atoms with Crippen LogP contribution in [0.3, 0.4) is 0 Å². The largest absolute Gasteiger partial charge is 0.481 e. The molecule has 1 aliphatic rings. The second-order valence-electron chi connectivity index (χ2n) is 6.64. The van der Waals surface area contributed by atoms with Gasteiger partial charge < -0.3 is 15.3 Å². The molecular formula is C20H22FN3O3. The van der Waals surface area contributed by atoms with Gasteiger partial charge in [0.1, 0.15) is 11.6 Å². The first kappa shape index (κ1) is 18.8. The summed E-state index contributed by atoms with van der Waals surface area (Å²) < 4.78 is 13.9. The molecule has 2 heterocycles. The second kappa shape index (κ2) is 8.62. The Bertz CT molecular complexity index is 816. The smallest absolute Gasteiger partial charge is 0.307 e. The zero-order valence-corrected chi connectivity index (χ0v) is 14.9. The first-order chi connectivity index (χ1) is 13.0.